The molecule has 263 valence electrons. The molecule has 0 saturated carbocycles. The van der Waals surface area contributed by atoms with Crippen LogP contribution in [0.25, 0.3) is 89.1 Å². The Morgan fingerprint density at radius 2 is 0.600 bits per heavy atom. The van der Waals surface area contributed by atoms with Crippen LogP contribution >= 0.6 is 0 Å². The smallest absolute Gasteiger partial charge is 0.0160 e. The summed E-state index contributed by atoms with van der Waals surface area (Å²) in [6, 6.07) is 79.3. The molecule has 0 fully saturated rings. The minimum atomic E-state index is 0. The molecule has 8 aromatic carbocycles. The molecule has 1 aromatic heterocycles. The largest absolute Gasteiger partial charge is 0.305 e. The van der Waals surface area contributed by atoms with Crippen molar-refractivity contribution in [2.24, 2.45) is 0 Å². The fourth-order valence-electron chi connectivity index (χ4n) is 7.22. The molecular formula is C53H36IrN-. The Bertz CT molecular complexity index is 2560. The molecule has 0 bridgehead atoms. The normalized spacial score (nSPS) is 10.8. The van der Waals surface area contributed by atoms with Crippen molar-refractivity contribution >= 4 is 0 Å². The maximum Gasteiger partial charge on any atom is 0.0160 e. The molecular weight excluding hydrogens is 843 g/mol. The number of hydrogen-bond donors (Lipinski definition) is 0. The van der Waals surface area contributed by atoms with Crippen LogP contribution in [0, 0.1) is 6.07 Å². The molecule has 0 aliphatic heterocycles. The number of aromatic nitrogens is 1. The van der Waals surface area contributed by atoms with Crippen molar-refractivity contribution in [1.29, 1.82) is 0 Å². The molecule has 1 nitrogen and oxygen atoms in total. The maximum atomic E-state index is 4.61. The second-order valence-electron chi connectivity index (χ2n) is 13.6. The SMILES string of the molecule is [Ir].[c-]1ccc(-c2cc(-c3cccc(-c4cccc(-c5ccccc5)c4)c3)cc(-c3cccc(-c4cccc(-c5ccccc5)c4)c3)c2)cc1-c1ccccn1. The second kappa shape index (κ2) is 16.3. The van der Waals surface area contributed by atoms with Crippen molar-refractivity contribution in [3.8, 4) is 89.1 Å². The van der Waals surface area contributed by atoms with Gasteiger partial charge >= 0.3 is 0 Å². The van der Waals surface area contributed by atoms with Crippen molar-refractivity contribution < 1.29 is 20.1 Å². The number of rotatable bonds is 8. The van der Waals surface area contributed by atoms with E-state index in [0.717, 1.165) is 33.5 Å². The van der Waals surface area contributed by atoms with E-state index in [-0.39, 0.29) is 20.1 Å². The summed E-state index contributed by atoms with van der Waals surface area (Å²) < 4.78 is 0. The van der Waals surface area contributed by atoms with E-state index in [4.69, 9.17) is 0 Å². The van der Waals surface area contributed by atoms with Gasteiger partial charge in [0.25, 0.3) is 0 Å². The van der Waals surface area contributed by atoms with E-state index in [1.54, 1.807) is 0 Å². The van der Waals surface area contributed by atoms with Gasteiger partial charge in [-0.2, -0.15) is 0 Å². The molecule has 0 aliphatic carbocycles. The Morgan fingerprint density at radius 1 is 0.273 bits per heavy atom. The predicted molar refractivity (Wildman–Crippen MR) is 227 cm³/mol. The second-order valence-corrected chi connectivity index (χ2v) is 13.6. The minimum Gasteiger partial charge on any atom is -0.305 e. The quantitative estimate of drug-likeness (QED) is 0.139. The van der Waals surface area contributed by atoms with Gasteiger partial charge in [0.05, 0.1) is 0 Å². The summed E-state index contributed by atoms with van der Waals surface area (Å²) >= 11 is 0. The van der Waals surface area contributed by atoms with Crippen LogP contribution in [-0.4, -0.2) is 4.98 Å². The van der Waals surface area contributed by atoms with Gasteiger partial charge in [0.15, 0.2) is 0 Å². The summed E-state index contributed by atoms with van der Waals surface area (Å²) in [5.41, 5.74) is 18.4. The van der Waals surface area contributed by atoms with Crippen molar-refractivity contribution in [1.82, 2.24) is 4.98 Å². The van der Waals surface area contributed by atoms with E-state index in [1.807, 2.05) is 30.5 Å². The van der Waals surface area contributed by atoms with Crippen LogP contribution in [-0.2, 0) is 20.1 Å². The van der Waals surface area contributed by atoms with Gasteiger partial charge in [-0.05, 0) is 127 Å². The third kappa shape index (κ3) is 7.93. The van der Waals surface area contributed by atoms with Crippen LogP contribution in [0.1, 0.15) is 0 Å². The first-order valence-electron chi connectivity index (χ1n) is 18.3. The van der Waals surface area contributed by atoms with Crippen LogP contribution < -0.4 is 0 Å². The summed E-state index contributed by atoms with van der Waals surface area (Å²) in [6.45, 7) is 0. The Balaban J connectivity index is 0.00000427. The van der Waals surface area contributed by atoms with Crippen molar-refractivity contribution in [2.45, 2.75) is 0 Å². The molecule has 0 amide bonds. The Kier molecular flexibility index (Phi) is 10.5. The molecule has 9 rings (SSSR count). The van der Waals surface area contributed by atoms with Crippen molar-refractivity contribution in [2.75, 3.05) is 0 Å². The first-order valence-corrected chi connectivity index (χ1v) is 18.3. The van der Waals surface area contributed by atoms with Gasteiger partial charge in [-0.3, -0.25) is 0 Å². The van der Waals surface area contributed by atoms with Crippen LogP contribution in [0.5, 0.6) is 0 Å². The molecule has 55 heavy (non-hydrogen) atoms. The molecule has 0 N–H and O–H groups in total. The molecule has 0 aliphatic rings. The van der Waals surface area contributed by atoms with Crippen LogP contribution in [0.15, 0.2) is 219 Å². The Labute approximate surface area is 337 Å². The fourth-order valence-corrected chi connectivity index (χ4v) is 7.22. The Hall–Kier alpha value is -6.44. The molecule has 0 unspecified atom stereocenters. The zero-order valence-corrected chi connectivity index (χ0v) is 32.5. The van der Waals surface area contributed by atoms with E-state index in [1.165, 1.54) is 55.6 Å². The van der Waals surface area contributed by atoms with Gasteiger partial charge in [0.1, 0.15) is 0 Å². The molecule has 0 atom stereocenters. The van der Waals surface area contributed by atoms with Gasteiger partial charge in [0.2, 0.25) is 0 Å². The topological polar surface area (TPSA) is 12.9 Å². The molecule has 0 saturated heterocycles. The summed E-state index contributed by atoms with van der Waals surface area (Å²) in [5.74, 6) is 0. The number of benzene rings is 8. The van der Waals surface area contributed by atoms with Crippen LogP contribution in [0.2, 0.25) is 0 Å². The Morgan fingerprint density at radius 3 is 1.00 bits per heavy atom. The molecule has 9 aromatic rings. The predicted octanol–water partition coefficient (Wildman–Crippen LogP) is 14.2. The number of nitrogens with zero attached hydrogens (tertiary/aromatic N) is 1. The average molecular weight is 879 g/mol. The summed E-state index contributed by atoms with van der Waals surface area (Å²) in [7, 11) is 0. The first-order chi connectivity index (χ1) is 26.7. The van der Waals surface area contributed by atoms with E-state index in [9.17, 15) is 0 Å². The van der Waals surface area contributed by atoms with E-state index in [2.05, 4.69) is 199 Å². The standard InChI is InChI=1S/C53H36N.Ir/c1-3-14-38(15-4-1)40-18-9-20-42(30-40)44-22-11-24-46(32-44)50-35-51(37-52(36-50)48-26-13-27-49(34-48)53-28-7-8-29-54-53)47-25-12-23-45(33-47)43-21-10-19-41(31-43)39-16-5-2-6-17-39;/h1-26,28-37H;/q-1;. The number of hydrogen-bond acceptors (Lipinski definition) is 1. The zero-order chi connectivity index (χ0) is 36.1. The fraction of sp³-hybridized carbons (Fsp3) is 0. The average Bonchev–Trinajstić information content (AvgIpc) is 3.27. The van der Waals surface area contributed by atoms with Gasteiger partial charge in [-0.1, -0.05) is 146 Å². The molecule has 0 spiro atoms. The van der Waals surface area contributed by atoms with Crippen molar-refractivity contribution in [3.63, 3.8) is 0 Å². The van der Waals surface area contributed by atoms with Crippen LogP contribution in [0.4, 0.5) is 0 Å². The third-order valence-electron chi connectivity index (χ3n) is 10.0. The van der Waals surface area contributed by atoms with Crippen LogP contribution in [0.3, 0.4) is 0 Å². The first kappa shape index (κ1) is 35.6. The molecule has 1 radical (unpaired) electrons. The van der Waals surface area contributed by atoms with Gasteiger partial charge < -0.3 is 4.98 Å². The monoisotopic (exact) mass is 879 g/mol. The molecule has 1 heterocycles. The van der Waals surface area contributed by atoms with Gasteiger partial charge in [-0.25, -0.2) is 0 Å². The van der Waals surface area contributed by atoms with Gasteiger partial charge in [-0.15, -0.1) is 35.4 Å². The van der Waals surface area contributed by atoms with Crippen molar-refractivity contribution in [3.05, 3.63) is 225 Å². The maximum absolute atomic E-state index is 4.61. The summed E-state index contributed by atoms with van der Waals surface area (Å²) in [4.78, 5) is 4.61. The number of pyridine rings is 1. The molecule has 2 heteroatoms. The zero-order valence-electron chi connectivity index (χ0n) is 30.1. The summed E-state index contributed by atoms with van der Waals surface area (Å²) in [6.07, 6.45) is 1.83. The van der Waals surface area contributed by atoms with E-state index in [0.29, 0.717) is 0 Å². The van der Waals surface area contributed by atoms with Gasteiger partial charge in [0, 0.05) is 26.3 Å². The van der Waals surface area contributed by atoms with E-state index < -0.39 is 0 Å². The minimum absolute atomic E-state index is 0. The third-order valence-corrected chi connectivity index (χ3v) is 10.0. The van der Waals surface area contributed by atoms with E-state index >= 15 is 0 Å². The summed E-state index contributed by atoms with van der Waals surface area (Å²) in [5, 5.41) is 0.